The molecule has 0 aliphatic carbocycles. The van der Waals surface area contributed by atoms with Gasteiger partial charge in [-0.15, -0.1) is 0 Å². The molecule has 2 heterocycles. The van der Waals surface area contributed by atoms with E-state index in [1.807, 2.05) is 6.92 Å². The van der Waals surface area contributed by atoms with Gasteiger partial charge in [-0.1, -0.05) is 13.3 Å². The van der Waals surface area contributed by atoms with Crippen molar-refractivity contribution in [3.63, 3.8) is 0 Å². The summed E-state index contributed by atoms with van der Waals surface area (Å²) in [6.45, 7) is 2.02. The van der Waals surface area contributed by atoms with Crippen LogP contribution in [0.15, 0.2) is 16.7 Å². The average molecular weight is 244 g/mol. The highest BCUT2D eigenvalue weighted by Crippen LogP contribution is 2.30. The minimum atomic E-state index is -4.40. The molecular formula is C11H11F3N2O. The first-order valence-corrected chi connectivity index (χ1v) is 5.33. The maximum Gasteiger partial charge on any atom is 0.417 e. The largest absolute Gasteiger partial charge is 0.422 e. The molecule has 17 heavy (non-hydrogen) atoms. The summed E-state index contributed by atoms with van der Waals surface area (Å²) in [5.74, 6) is 0.439. The van der Waals surface area contributed by atoms with Crippen molar-refractivity contribution in [1.29, 1.82) is 0 Å². The summed E-state index contributed by atoms with van der Waals surface area (Å²) in [6, 6.07) is 0.960. The summed E-state index contributed by atoms with van der Waals surface area (Å²) < 4.78 is 42.5. The lowest BCUT2D eigenvalue weighted by Gasteiger charge is -2.03. The number of unbranched alkanes of at least 4 members (excludes halogenated alkanes) is 1. The number of hydrogen-bond acceptors (Lipinski definition) is 3. The van der Waals surface area contributed by atoms with Gasteiger partial charge in [0.1, 0.15) is 5.52 Å². The van der Waals surface area contributed by atoms with Crippen LogP contribution in [0.3, 0.4) is 0 Å². The second-order valence-corrected chi connectivity index (χ2v) is 3.76. The van der Waals surface area contributed by atoms with E-state index in [1.54, 1.807) is 0 Å². The Morgan fingerprint density at radius 2 is 2.12 bits per heavy atom. The summed E-state index contributed by atoms with van der Waals surface area (Å²) in [5.41, 5.74) is -0.490. The molecule has 0 N–H and O–H groups in total. The summed E-state index contributed by atoms with van der Waals surface area (Å²) >= 11 is 0. The number of oxazole rings is 1. The standard InChI is InChI=1S/C11H11F3N2O/c1-2-3-4-9-16-8-5-7(11(12,13)14)6-15-10(8)17-9/h5-6H,2-4H2,1H3. The molecule has 2 aromatic heterocycles. The molecule has 0 fully saturated rings. The van der Waals surface area contributed by atoms with E-state index in [-0.39, 0.29) is 11.2 Å². The Balaban J connectivity index is 2.34. The number of hydrogen-bond donors (Lipinski definition) is 0. The van der Waals surface area contributed by atoms with Crippen LogP contribution in [0, 0.1) is 0 Å². The first kappa shape index (κ1) is 11.9. The van der Waals surface area contributed by atoms with Crippen molar-refractivity contribution in [2.24, 2.45) is 0 Å². The van der Waals surface area contributed by atoms with Gasteiger partial charge in [0.25, 0.3) is 0 Å². The fraction of sp³-hybridized carbons (Fsp3) is 0.455. The molecule has 0 bridgehead atoms. The number of halogens is 3. The highest BCUT2D eigenvalue weighted by Gasteiger charge is 2.31. The number of nitrogens with zero attached hydrogens (tertiary/aromatic N) is 2. The van der Waals surface area contributed by atoms with E-state index in [1.165, 1.54) is 0 Å². The molecular weight excluding hydrogens is 233 g/mol. The summed E-state index contributed by atoms with van der Waals surface area (Å²) in [4.78, 5) is 7.62. The molecule has 0 saturated carbocycles. The van der Waals surface area contributed by atoms with Crippen LogP contribution in [-0.2, 0) is 12.6 Å². The van der Waals surface area contributed by atoms with Gasteiger partial charge in [-0.2, -0.15) is 13.2 Å². The topological polar surface area (TPSA) is 38.9 Å². The zero-order chi connectivity index (χ0) is 12.5. The normalized spacial score (nSPS) is 12.2. The molecule has 0 saturated heterocycles. The highest BCUT2D eigenvalue weighted by molar-refractivity contribution is 5.68. The minimum Gasteiger partial charge on any atom is -0.422 e. The lowest BCUT2D eigenvalue weighted by molar-refractivity contribution is -0.137. The van der Waals surface area contributed by atoms with Crippen molar-refractivity contribution in [2.75, 3.05) is 0 Å². The number of pyridine rings is 1. The molecule has 0 aliphatic heterocycles. The van der Waals surface area contributed by atoms with E-state index >= 15 is 0 Å². The van der Waals surface area contributed by atoms with Crippen molar-refractivity contribution in [3.05, 3.63) is 23.7 Å². The van der Waals surface area contributed by atoms with Gasteiger partial charge in [0.05, 0.1) is 5.56 Å². The third-order valence-corrected chi connectivity index (χ3v) is 2.36. The molecule has 0 radical (unpaired) electrons. The van der Waals surface area contributed by atoms with E-state index in [9.17, 15) is 13.2 Å². The SMILES string of the molecule is CCCCc1nc2cc(C(F)(F)F)cnc2o1. The third-order valence-electron chi connectivity index (χ3n) is 2.36. The van der Waals surface area contributed by atoms with Gasteiger partial charge in [-0.3, -0.25) is 0 Å². The van der Waals surface area contributed by atoms with E-state index in [0.29, 0.717) is 12.3 Å². The van der Waals surface area contributed by atoms with Crippen LogP contribution in [0.1, 0.15) is 31.2 Å². The average Bonchev–Trinajstić information content (AvgIpc) is 2.66. The van der Waals surface area contributed by atoms with Crippen LogP contribution in [-0.4, -0.2) is 9.97 Å². The fourth-order valence-electron chi connectivity index (χ4n) is 1.46. The maximum absolute atomic E-state index is 12.4. The van der Waals surface area contributed by atoms with Crippen molar-refractivity contribution in [3.8, 4) is 0 Å². The zero-order valence-corrected chi connectivity index (χ0v) is 9.21. The van der Waals surface area contributed by atoms with Crippen LogP contribution in [0.2, 0.25) is 0 Å². The van der Waals surface area contributed by atoms with Crippen molar-refractivity contribution < 1.29 is 17.6 Å². The van der Waals surface area contributed by atoms with Crippen LogP contribution in [0.4, 0.5) is 13.2 Å². The molecule has 6 heteroatoms. The van der Waals surface area contributed by atoms with Crippen molar-refractivity contribution in [2.45, 2.75) is 32.4 Å². The number of aromatic nitrogens is 2. The molecule has 92 valence electrons. The Morgan fingerprint density at radius 1 is 1.35 bits per heavy atom. The fourth-order valence-corrected chi connectivity index (χ4v) is 1.46. The molecule has 2 rings (SSSR count). The van der Waals surface area contributed by atoms with Gasteiger partial charge in [-0.25, -0.2) is 9.97 Å². The van der Waals surface area contributed by atoms with Gasteiger partial charge in [-0.05, 0) is 12.5 Å². The summed E-state index contributed by atoms with van der Waals surface area (Å²) in [6.07, 6.45) is -1.16. The van der Waals surface area contributed by atoms with Gasteiger partial charge in [0, 0.05) is 12.6 Å². The Labute approximate surface area is 95.7 Å². The van der Waals surface area contributed by atoms with Crippen LogP contribution < -0.4 is 0 Å². The highest BCUT2D eigenvalue weighted by atomic mass is 19.4. The quantitative estimate of drug-likeness (QED) is 0.828. The van der Waals surface area contributed by atoms with Crippen LogP contribution in [0.5, 0.6) is 0 Å². The lowest BCUT2D eigenvalue weighted by Crippen LogP contribution is -2.04. The monoisotopic (exact) mass is 244 g/mol. The minimum absolute atomic E-state index is 0.157. The zero-order valence-electron chi connectivity index (χ0n) is 9.21. The van der Waals surface area contributed by atoms with Crippen LogP contribution in [0.25, 0.3) is 11.2 Å². The lowest BCUT2D eigenvalue weighted by atomic mass is 10.2. The Hall–Kier alpha value is -1.59. The first-order chi connectivity index (χ1) is 8.00. The number of aryl methyl sites for hydroxylation is 1. The summed E-state index contributed by atoms with van der Waals surface area (Å²) in [7, 11) is 0. The molecule has 0 amide bonds. The second-order valence-electron chi connectivity index (χ2n) is 3.76. The Morgan fingerprint density at radius 3 is 2.76 bits per heavy atom. The molecule has 0 spiro atoms. The van der Waals surface area contributed by atoms with E-state index in [4.69, 9.17) is 4.42 Å². The maximum atomic E-state index is 12.4. The van der Waals surface area contributed by atoms with Crippen molar-refractivity contribution in [1.82, 2.24) is 9.97 Å². The van der Waals surface area contributed by atoms with Gasteiger partial charge in [0.2, 0.25) is 5.71 Å². The van der Waals surface area contributed by atoms with Gasteiger partial charge >= 0.3 is 6.18 Å². The third kappa shape index (κ3) is 2.57. The van der Waals surface area contributed by atoms with Crippen LogP contribution >= 0.6 is 0 Å². The molecule has 2 aromatic rings. The van der Waals surface area contributed by atoms with Crippen molar-refractivity contribution >= 4 is 11.2 Å². The molecule has 3 nitrogen and oxygen atoms in total. The first-order valence-electron chi connectivity index (χ1n) is 5.33. The smallest absolute Gasteiger partial charge is 0.417 e. The van der Waals surface area contributed by atoms with E-state index in [0.717, 1.165) is 25.1 Å². The Bertz CT molecular complexity index is 519. The van der Waals surface area contributed by atoms with Gasteiger partial charge in [0.15, 0.2) is 5.89 Å². The summed E-state index contributed by atoms with van der Waals surface area (Å²) in [5, 5.41) is 0. The van der Waals surface area contributed by atoms with Gasteiger partial charge < -0.3 is 4.42 Å². The van der Waals surface area contributed by atoms with E-state index in [2.05, 4.69) is 9.97 Å². The second kappa shape index (κ2) is 4.35. The predicted octanol–water partition coefficient (Wildman–Crippen LogP) is 3.58. The molecule has 0 unspecified atom stereocenters. The van der Waals surface area contributed by atoms with E-state index < -0.39 is 11.7 Å². The molecule has 0 atom stereocenters. The molecule has 0 aliphatic rings. The number of fused-ring (bicyclic) bond motifs is 1. The number of alkyl halides is 3. The number of rotatable bonds is 3. The Kier molecular flexibility index (Phi) is 3.04. The predicted molar refractivity (Wildman–Crippen MR) is 55.4 cm³/mol. The molecule has 0 aromatic carbocycles.